The molecule has 1 heterocycles. The fraction of sp³-hybridized carbons (Fsp3) is 0.120. The van der Waals surface area contributed by atoms with Gasteiger partial charge in [0, 0.05) is 12.5 Å². The molecule has 0 unspecified atom stereocenters. The monoisotopic (exact) mass is 381 g/mol. The first kappa shape index (κ1) is 18.7. The number of hydrogen-bond acceptors (Lipinski definition) is 2. The number of aromatic nitrogens is 2. The fourth-order valence-electron chi connectivity index (χ4n) is 3.55. The van der Waals surface area contributed by atoms with Gasteiger partial charge in [-0.05, 0) is 30.2 Å². The molecule has 0 aliphatic heterocycles. The van der Waals surface area contributed by atoms with Gasteiger partial charge in [0.2, 0.25) is 0 Å². The summed E-state index contributed by atoms with van der Waals surface area (Å²) >= 11 is 0. The molecule has 0 radical (unpaired) electrons. The third-order valence-corrected chi connectivity index (χ3v) is 5.13. The predicted octanol–water partition coefficient (Wildman–Crippen LogP) is 4.74. The smallest absolute Gasteiger partial charge is 0.254 e. The third-order valence-electron chi connectivity index (χ3n) is 5.13. The van der Waals surface area contributed by atoms with Gasteiger partial charge in [0.1, 0.15) is 0 Å². The molecule has 1 aromatic heterocycles. The Morgan fingerprint density at radius 1 is 0.862 bits per heavy atom. The van der Waals surface area contributed by atoms with Gasteiger partial charge in [-0.15, -0.1) is 0 Å². The first-order valence-electron chi connectivity index (χ1n) is 9.72. The number of para-hydroxylation sites is 1. The van der Waals surface area contributed by atoms with Gasteiger partial charge >= 0.3 is 0 Å². The molecule has 3 aromatic carbocycles. The molecule has 0 aliphatic carbocycles. The standard InChI is InChI=1S/C25H23N3O/c1-19-23(18-27-28(19)22-15-9-4-10-16-22)25(29)26-17-24(20-11-5-2-6-12-20)21-13-7-3-8-14-21/h2-16,18,24H,17H2,1H3,(H,26,29). The van der Waals surface area contributed by atoms with Crippen LogP contribution < -0.4 is 5.32 Å². The Labute approximate surface area is 170 Å². The first-order valence-corrected chi connectivity index (χ1v) is 9.72. The lowest BCUT2D eigenvalue weighted by Crippen LogP contribution is -2.29. The Bertz CT molecular complexity index is 1030. The van der Waals surface area contributed by atoms with Crippen LogP contribution in [-0.2, 0) is 0 Å². The van der Waals surface area contributed by atoms with Gasteiger partial charge in [-0.25, -0.2) is 4.68 Å². The molecule has 0 saturated heterocycles. The van der Waals surface area contributed by atoms with Crippen molar-refractivity contribution in [2.24, 2.45) is 0 Å². The minimum Gasteiger partial charge on any atom is -0.351 e. The van der Waals surface area contributed by atoms with Gasteiger partial charge in [-0.2, -0.15) is 5.10 Å². The van der Waals surface area contributed by atoms with Crippen molar-refractivity contribution in [1.29, 1.82) is 0 Å². The maximum atomic E-state index is 12.9. The highest BCUT2D eigenvalue weighted by Crippen LogP contribution is 2.24. The van der Waals surface area contributed by atoms with Crippen LogP contribution in [0, 0.1) is 6.92 Å². The minimum atomic E-state index is -0.110. The number of amides is 1. The molecule has 0 fully saturated rings. The highest BCUT2D eigenvalue weighted by atomic mass is 16.1. The molecule has 144 valence electrons. The third kappa shape index (κ3) is 4.11. The van der Waals surface area contributed by atoms with E-state index in [4.69, 9.17) is 0 Å². The van der Waals surface area contributed by atoms with E-state index in [-0.39, 0.29) is 11.8 Å². The summed E-state index contributed by atoms with van der Waals surface area (Å²) in [6.07, 6.45) is 1.64. The average molecular weight is 381 g/mol. The summed E-state index contributed by atoms with van der Waals surface area (Å²) in [4.78, 5) is 12.9. The number of nitrogens with one attached hydrogen (secondary N) is 1. The Morgan fingerprint density at radius 2 is 1.38 bits per heavy atom. The van der Waals surface area contributed by atoms with Crippen molar-refractivity contribution in [3.8, 4) is 5.69 Å². The summed E-state index contributed by atoms with van der Waals surface area (Å²) in [7, 11) is 0. The van der Waals surface area contributed by atoms with Crippen molar-refractivity contribution < 1.29 is 4.79 Å². The molecular weight excluding hydrogens is 358 g/mol. The van der Waals surface area contributed by atoms with Crippen LogP contribution in [0.25, 0.3) is 5.69 Å². The van der Waals surface area contributed by atoms with Crippen LogP contribution in [0.2, 0.25) is 0 Å². The first-order chi connectivity index (χ1) is 14.2. The zero-order valence-corrected chi connectivity index (χ0v) is 16.3. The Balaban J connectivity index is 1.54. The summed E-state index contributed by atoms with van der Waals surface area (Å²) in [5, 5.41) is 7.52. The molecule has 0 atom stereocenters. The number of hydrogen-bond donors (Lipinski definition) is 1. The highest BCUT2D eigenvalue weighted by Gasteiger charge is 2.18. The van der Waals surface area contributed by atoms with Crippen LogP contribution in [0.5, 0.6) is 0 Å². The minimum absolute atomic E-state index is 0.0887. The van der Waals surface area contributed by atoms with Gasteiger partial charge in [0.15, 0.2) is 0 Å². The second kappa shape index (κ2) is 8.57. The van der Waals surface area contributed by atoms with Crippen molar-refractivity contribution in [3.63, 3.8) is 0 Å². The Kier molecular flexibility index (Phi) is 5.52. The average Bonchev–Trinajstić information content (AvgIpc) is 3.17. The van der Waals surface area contributed by atoms with Crippen LogP contribution in [0.1, 0.15) is 33.1 Å². The maximum absolute atomic E-state index is 12.9. The van der Waals surface area contributed by atoms with E-state index in [1.165, 1.54) is 11.1 Å². The van der Waals surface area contributed by atoms with Crippen LogP contribution in [0.3, 0.4) is 0 Å². The van der Waals surface area contributed by atoms with E-state index >= 15 is 0 Å². The maximum Gasteiger partial charge on any atom is 0.254 e. The topological polar surface area (TPSA) is 46.9 Å². The molecule has 0 bridgehead atoms. The molecule has 0 spiro atoms. The molecule has 1 N–H and O–H groups in total. The Hall–Kier alpha value is -3.66. The lowest BCUT2D eigenvalue weighted by Gasteiger charge is -2.19. The number of nitrogens with zero attached hydrogens (tertiary/aromatic N) is 2. The zero-order valence-electron chi connectivity index (χ0n) is 16.3. The lowest BCUT2D eigenvalue weighted by atomic mass is 9.91. The van der Waals surface area contributed by atoms with E-state index in [9.17, 15) is 4.79 Å². The Morgan fingerprint density at radius 3 is 1.93 bits per heavy atom. The molecule has 4 aromatic rings. The molecule has 4 rings (SSSR count). The molecule has 0 aliphatic rings. The summed E-state index contributed by atoms with van der Waals surface area (Å²) < 4.78 is 1.79. The van der Waals surface area contributed by atoms with Crippen LogP contribution >= 0.6 is 0 Å². The van der Waals surface area contributed by atoms with Crippen LogP contribution in [0.15, 0.2) is 97.2 Å². The summed E-state index contributed by atoms with van der Waals surface area (Å²) in [6.45, 7) is 2.43. The quantitative estimate of drug-likeness (QED) is 0.524. The number of carbonyl (C=O) groups is 1. The van der Waals surface area contributed by atoms with E-state index < -0.39 is 0 Å². The molecule has 29 heavy (non-hydrogen) atoms. The van der Waals surface area contributed by atoms with Crippen molar-refractivity contribution in [2.75, 3.05) is 6.54 Å². The van der Waals surface area contributed by atoms with E-state index in [0.717, 1.165) is 11.4 Å². The van der Waals surface area contributed by atoms with Crippen molar-refractivity contribution >= 4 is 5.91 Å². The molecule has 0 saturated carbocycles. The largest absolute Gasteiger partial charge is 0.351 e. The number of benzene rings is 3. The van der Waals surface area contributed by atoms with E-state index in [1.807, 2.05) is 73.7 Å². The van der Waals surface area contributed by atoms with E-state index in [1.54, 1.807) is 10.9 Å². The molecular formula is C25H23N3O. The van der Waals surface area contributed by atoms with E-state index in [0.29, 0.717) is 12.1 Å². The molecule has 4 nitrogen and oxygen atoms in total. The van der Waals surface area contributed by atoms with Crippen molar-refractivity contribution in [3.05, 3.63) is 120 Å². The zero-order chi connectivity index (χ0) is 20.1. The highest BCUT2D eigenvalue weighted by molar-refractivity contribution is 5.95. The second-order valence-electron chi connectivity index (χ2n) is 6.97. The molecule has 4 heteroatoms. The van der Waals surface area contributed by atoms with Gasteiger partial charge in [0.25, 0.3) is 5.91 Å². The van der Waals surface area contributed by atoms with Crippen molar-refractivity contribution in [2.45, 2.75) is 12.8 Å². The fourth-order valence-corrected chi connectivity index (χ4v) is 3.55. The van der Waals surface area contributed by atoms with Gasteiger partial charge in [0.05, 0.1) is 23.1 Å². The second-order valence-corrected chi connectivity index (χ2v) is 6.97. The number of rotatable bonds is 6. The molecule has 1 amide bonds. The lowest BCUT2D eigenvalue weighted by molar-refractivity contribution is 0.0952. The normalized spacial score (nSPS) is 10.8. The van der Waals surface area contributed by atoms with Crippen LogP contribution in [-0.4, -0.2) is 22.2 Å². The van der Waals surface area contributed by atoms with Crippen LogP contribution in [0.4, 0.5) is 0 Å². The predicted molar refractivity (Wildman–Crippen MR) is 115 cm³/mol. The summed E-state index contributed by atoms with van der Waals surface area (Å²) in [5.41, 5.74) is 4.71. The van der Waals surface area contributed by atoms with Gasteiger partial charge < -0.3 is 5.32 Å². The van der Waals surface area contributed by atoms with Gasteiger partial charge in [-0.1, -0.05) is 78.9 Å². The summed E-state index contributed by atoms with van der Waals surface area (Å²) in [5.74, 6) is -0.0210. The SMILES string of the molecule is Cc1c(C(=O)NCC(c2ccccc2)c2ccccc2)cnn1-c1ccccc1. The van der Waals surface area contributed by atoms with E-state index in [2.05, 4.69) is 34.7 Å². The number of carbonyl (C=O) groups excluding carboxylic acids is 1. The van der Waals surface area contributed by atoms with Crippen molar-refractivity contribution in [1.82, 2.24) is 15.1 Å². The summed E-state index contributed by atoms with van der Waals surface area (Å²) in [6, 6.07) is 30.4. The van der Waals surface area contributed by atoms with Gasteiger partial charge in [-0.3, -0.25) is 4.79 Å².